The molecule has 0 saturated heterocycles. The van der Waals surface area contributed by atoms with Crippen molar-refractivity contribution in [2.24, 2.45) is 0 Å². The normalized spacial score (nSPS) is 11.9. The predicted molar refractivity (Wildman–Crippen MR) is 209 cm³/mol. The molecular formula is C46H28N4O. The van der Waals surface area contributed by atoms with Crippen LogP contribution in [0.3, 0.4) is 0 Å². The van der Waals surface area contributed by atoms with Crippen LogP contribution in [0.25, 0.3) is 99.7 Å². The second kappa shape index (κ2) is 10.8. The van der Waals surface area contributed by atoms with Gasteiger partial charge in [0.05, 0.1) is 22.1 Å². The Morgan fingerprint density at radius 2 is 0.961 bits per heavy atom. The van der Waals surface area contributed by atoms with Crippen LogP contribution in [-0.2, 0) is 0 Å². The molecule has 0 aliphatic heterocycles. The zero-order valence-electron chi connectivity index (χ0n) is 27.4. The standard InChI is InChI=1S/C46H28N4O/c1-3-14-29(15-4-1)46-47-43(45-44(48-46)35-22-9-12-25-42(35)51-45)30-16-13-19-32(26-30)50-39-24-11-8-21-34(39)37-27-36-33-20-7-10-23-38(33)49(40(36)28-41(37)50)31-17-5-2-6-18-31/h1-28H. The number of para-hydroxylation sites is 4. The number of fused-ring (bicyclic) bond motifs is 9. The van der Waals surface area contributed by atoms with Crippen LogP contribution in [0.1, 0.15) is 0 Å². The molecule has 0 saturated carbocycles. The lowest BCUT2D eigenvalue weighted by Gasteiger charge is -2.12. The first-order chi connectivity index (χ1) is 25.3. The highest BCUT2D eigenvalue weighted by atomic mass is 16.3. The molecule has 5 heteroatoms. The van der Waals surface area contributed by atoms with E-state index in [0.717, 1.165) is 55.7 Å². The van der Waals surface area contributed by atoms with E-state index in [2.05, 4.69) is 143 Å². The molecule has 0 unspecified atom stereocenters. The van der Waals surface area contributed by atoms with Gasteiger partial charge in [0, 0.05) is 49.4 Å². The third-order valence-electron chi connectivity index (χ3n) is 10.1. The van der Waals surface area contributed by atoms with E-state index < -0.39 is 0 Å². The van der Waals surface area contributed by atoms with Crippen LogP contribution in [0.2, 0.25) is 0 Å². The molecule has 0 radical (unpaired) electrons. The first-order valence-electron chi connectivity index (χ1n) is 17.2. The second-order valence-electron chi connectivity index (χ2n) is 13.0. The van der Waals surface area contributed by atoms with E-state index >= 15 is 0 Å². The second-order valence-corrected chi connectivity index (χ2v) is 13.0. The van der Waals surface area contributed by atoms with Gasteiger partial charge in [0.25, 0.3) is 0 Å². The molecule has 0 amide bonds. The smallest absolute Gasteiger partial charge is 0.180 e. The van der Waals surface area contributed by atoms with Crippen molar-refractivity contribution in [1.82, 2.24) is 19.1 Å². The van der Waals surface area contributed by atoms with E-state index in [9.17, 15) is 0 Å². The minimum Gasteiger partial charge on any atom is -0.452 e. The Bertz CT molecular complexity index is 3130. The van der Waals surface area contributed by atoms with Gasteiger partial charge in [-0.2, -0.15) is 0 Å². The Hall–Kier alpha value is -6.98. The van der Waals surface area contributed by atoms with E-state index in [1.165, 1.54) is 32.6 Å². The van der Waals surface area contributed by atoms with Crippen molar-refractivity contribution in [2.45, 2.75) is 0 Å². The van der Waals surface area contributed by atoms with Gasteiger partial charge in [-0.25, -0.2) is 9.97 Å². The maximum Gasteiger partial charge on any atom is 0.180 e. The average Bonchev–Trinajstić information content (AvgIpc) is 3.85. The Morgan fingerprint density at radius 3 is 1.69 bits per heavy atom. The minimum atomic E-state index is 0.669. The Balaban J connectivity index is 1.20. The molecule has 0 bridgehead atoms. The maximum absolute atomic E-state index is 6.50. The number of aromatic nitrogens is 4. The summed E-state index contributed by atoms with van der Waals surface area (Å²) >= 11 is 0. The topological polar surface area (TPSA) is 48.8 Å². The summed E-state index contributed by atoms with van der Waals surface area (Å²) in [5, 5.41) is 5.88. The number of benzene rings is 7. The molecular weight excluding hydrogens is 625 g/mol. The van der Waals surface area contributed by atoms with E-state index in [1.54, 1.807) is 0 Å². The first-order valence-corrected chi connectivity index (χ1v) is 17.2. The van der Waals surface area contributed by atoms with Crippen molar-refractivity contribution in [3.63, 3.8) is 0 Å². The number of hydrogen-bond acceptors (Lipinski definition) is 3. The Labute approximate surface area is 292 Å². The minimum absolute atomic E-state index is 0.669. The highest BCUT2D eigenvalue weighted by molar-refractivity contribution is 6.19. The van der Waals surface area contributed by atoms with Gasteiger partial charge in [-0.3, -0.25) is 0 Å². The van der Waals surface area contributed by atoms with Gasteiger partial charge in [-0.15, -0.1) is 0 Å². The summed E-state index contributed by atoms with van der Waals surface area (Å²) in [7, 11) is 0. The van der Waals surface area contributed by atoms with E-state index in [0.29, 0.717) is 11.4 Å². The van der Waals surface area contributed by atoms with E-state index in [-0.39, 0.29) is 0 Å². The summed E-state index contributed by atoms with van der Waals surface area (Å²) in [5.74, 6) is 0.669. The molecule has 11 aromatic rings. The van der Waals surface area contributed by atoms with Gasteiger partial charge >= 0.3 is 0 Å². The summed E-state index contributed by atoms with van der Waals surface area (Å²) in [4.78, 5) is 10.2. The third-order valence-corrected chi connectivity index (χ3v) is 10.1. The largest absolute Gasteiger partial charge is 0.452 e. The summed E-state index contributed by atoms with van der Waals surface area (Å²) in [6.07, 6.45) is 0. The summed E-state index contributed by atoms with van der Waals surface area (Å²) in [5.41, 5.74) is 11.8. The molecule has 51 heavy (non-hydrogen) atoms. The van der Waals surface area contributed by atoms with Gasteiger partial charge < -0.3 is 13.6 Å². The van der Waals surface area contributed by atoms with Crippen molar-refractivity contribution in [3.8, 4) is 34.0 Å². The van der Waals surface area contributed by atoms with Crippen LogP contribution in [0.4, 0.5) is 0 Å². The fourth-order valence-corrected chi connectivity index (χ4v) is 7.86. The van der Waals surface area contributed by atoms with Crippen molar-refractivity contribution >= 4 is 65.7 Å². The average molecular weight is 653 g/mol. The lowest BCUT2D eigenvalue weighted by atomic mass is 10.1. The zero-order valence-corrected chi connectivity index (χ0v) is 27.4. The van der Waals surface area contributed by atoms with Crippen LogP contribution >= 0.6 is 0 Å². The van der Waals surface area contributed by atoms with Crippen molar-refractivity contribution in [1.29, 1.82) is 0 Å². The Kier molecular flexibility index (Phi) is 5.89. The molecule has 0 fully saturated rings. The van der Waals surface area contributed by atoms with Gasteiger partial charge in [0.2, 0.25) is 0 Å². The van der Waals surface area contributed by atoms with Gasteiger partial charge in [0.1, 0.15) is 16.8 Å². The number of hydrogen-bond donors (Lipinski definition) is 0. The lowest BCUT2D eigenvalue weighted by Crippen LogP contribution is -1.97. The lowest BCUT2D eigenvalue weighted by molar-refractivity contribution is 0.667. The molecule has 238 valence electrons. The molecule has 0 aliphatic carbocycles. The molecule has 0 spiro atoms. The number of rotatable bonds is 4. The zero-order chi connectivity index (χ0) is 33.5. The Morgan fingerprint density at radius 1 is 0.392 bits per heavy atom. The monoisotopic (exact) mass is 652 g/mol. The molecule has 4 heterocycles. The summed E-state index contributed by atoms with van der Waals surface area (Å²) in [6, 6.07) is 59.7. The number of nitrogens with zero attached hydrogens (tertiary/aromatic N) is 4. The predicted octanol–water partition coefficient (Wildman–Crippen LogP) is 11.9. The molecule has 0 atom stereocenters. The summed E-state index contributed by atoms with van der Waals surface area (Å²) < 4.78 is 11.3. The van der Waals surface area contributed by atoms with Gasteiger partial charge in [-0.1, -0.05) is 109 Å². The number of furan rings is 1. The highest BCUT2D eigenvalue weighted by Gasteiger charge is 2.21. The highest BCUT2D eigenvalue weighted by Crippen LogP contribution is 2.41. The fraction of sp³-hybridized carbons (Fsp3) is 0. The van der Waals surface area contributed by atoms with Crippen LogP contribution in [0.5, 0.6) is 0 Å². The molecule has 4 aromatic heterocycles. The van der Waals surface area contributed by atoms with E-state index in [4.69, 9.17) is 14.4 Å². The SMILES string of the molecule is c1ccc(-c2nc(-c3cccc(-n4c5ccccc5c5cc6c7ccccc7n(-c7ccccc7)c6cc54)c3)c3oc4ccccc4c3n2)cc1. The molecule has 5 nitrogen and oxygen atoms in total. The molecule has 7 aromatic carbocycles. The molecule has 0 aliphatic rings. The quantitative estimate of drug-likeness (QED) is 0.190. The third kappa shape index (κ3) is 4.15. The van der Waals surface area contributed by atoms with Crippen LogP contribution < -0.4 is 0 Å². The van der Waals surface area contributed by atoms with E-state index in [1.807, 2.05) is 36.4 Å². The van der Waals surface area contributed by atoms with Gasteiger partial charge in [0.15, 0.2) is 11.4 Å². The van der Waals surface area contributed by atoms with Gasteiger partial charge in [-0.05, 0) is 60.7 Å². The van der Waals surface area contributed by atoms with Crippen LogP contribution in [0.15, 0.2) is 174 Å². The molecule has 0 N–H and O–H groups in total. The first kappa shape index (κ1) is 27.9. The maximum atomic E-state index is 6.50. The van der Waals surface area contributed by atoms with Crippen molar-refractivity contribution in [3.05, 3.63) is 170 Å². The summed E-state index contributed by atoms with van der Waals surface area (Å²) in [6.45, 7) is 0. The van der Waals surface area contributed by atoms with Crippen molar-refractivity contribution in [2.75, 3.05) is 0 Å². The molecule has 11 rings (SSSR count). The van der Waals surface area contributed by atoms with Crippen LogP contribution in [0, 0.1) is 0 Å². The van der Waals surface area contributed by atoms with Crippen molar-refractivity contribution < 1.29 is 4.42 Å². The fourth-order valence-electron chi connectivity index (χ4n) is 7.86. The van der Waals surface area contributed by atoms with Crippen LogP contribution in [-0.4, -0.2) is 19.1 Å².